The van der Waals surface area contributed by atoms with E-state index in [0.29, 0.717) is 24.5 Å². The third-order valence-electron chi connectivity index (χ3n) is 3.75. The van der Waals surface area contributed by atoms with Crippen molar-refractivity contribution in [2.45, 2.75) is 45.3 Å². The van der Waals surface area contributed by atoms with Gasteiger partial charge in [-0.05, 0) is 45.7 Å². The summed E-state index contributed by atoms with van der Waals surface area (Å²) >= 11 is 0. The van der Waals surface area contributed by atoms with Gasteiger partial charge in [-0.3, -0.25) is 4.79 Å². The van der Waals surface area contributed by atoms with E-state index in [1.807, 2.05) is 11.8 Å². The van der Waals surface area contributed by atoms with Crippen LogP contribution in [0.25, 0.3) is 0 Å². The highest BCUT2D eigenvalue weighted by molar-refractivity contribution is 5.94. The number of amides is 1. The molecule has 1 aliphatic heterocycles. The van der Waals surface area contributed by atoms with Crippen molar-refractivity contribution in [2.75, 3.05) is 18.9 Å². The minimum atomic E-state index is -0.171. The zero-order chi connectivity index (χ0) is 14.8. The summed E-state index contributed by atoms with van der Waals surface area (Å²) < 4.78 is 5.72. The largest absolute Gasteiger partial charge is 0.384 e. The molecule has 0 aliphatic carbocycles. The van der Waals surface area contributed by atoms with Gasteiger partial charge in [-0.2, -0.15) is 0 Å². The number of anilines is 1. The minimum absolute atomic E-state index is 0.0164. The number of ether oxygens (including phenoxy) is 1. The molecule has 2 heterocycles. The lowest BCUT2D eigenvalue weighted by Crippen LogP contribution is -2.48. The Morgan fingerprint density at radius 1 is 1.55 bits per heavy atom. The Morgan fingerprint density at radius 2 is 2.30 bits per heavy atom. The molecule has 1 fully saturated rings. The van der Waals surface area contributed by atoms with Crippen molar-refractivity contribution in [3.63, 3.8) is 0 Å². The monoisotopic (exact) mass is 277 g/mol. The number of hydrogen-bond donors (Lipinski definition) is 1. The summed E-state index contributed by atoms with van der Waals surface area (Å²) in [6.07, 6.45) is 3.28. The fourth-order valence-electron chi connectivity index (χ4n) is 2.73. The average molecular weight is 277 g/mol. The second-order valence-corrected chi connectivity index (χ2v) is 5.82. The molecule has 0 spiro atoms. The second-order valence-electron chi connectivity index (χ2n) is 5.82. The summed E-state index contributed by atoms with van der Waals surface area (Å²) in [6.45, 7) is 7.53. The first kappa shape index (κ1) is 14.8. The molecule has 1 aromatic heterocycles. The maximum Gasteiger partial charge on any atom is 0.255 e. The summed E-state index contributed by atoms with van der Waals surface area (Å²) in [6, 6.07) is 3.61. The van der Waals surface area contributed by atoms with Crippen molar-refractivity contribution in [3.8, 4) is 0 Å². The Balaban J connectivity index is 2.15. The predicted molar refractivity (Wildman–Crippen MR) is 78.4 cm³/mol. The van der Waals surface area contributed by atoms with E-state index >= 15 is 0 Å². The minimum Gasteiger partial charge on any atom is -0.384 e. The van der Waals surface area contributed by atoms with Gasteiger partial charge in [0, 0.05) is 25.4 Å². The Bertz CT molecular complexity index is 471. The molecule has 1 aromatic rings. The lowest BCUT2D eigenvalue weighted by molar-refractivity contribution is -0.0777. The molecule has 1 atom stereocenters. The standard InChI is InChI=1S/C15H23N3O2/c1-4-18(12-7-8-20-15(2,3)9-12)14(19)11-5-6-13(16)17-10-11/h5-6,10,12H,4,7-9H2,1-3H3,(H2,16,17)/t12-/m1/s1. The number of rotatable bonds is 3. The quantitative estimate of drug-likeness (QED) is 0.918. The third-order valence-corrected chi connectivity index (χ3v) is 3.75. The van der Waals surface area contributed by atoms with Crippen LogP contribution < -0.4 is 5.73 Å². The SMILES string of the molecule is CCN(C(=O)c1ccc(N)nc1)[C@@H]1CCOC(C)(C)C1. The van der Waals surface area contributed by atoms with Gasteiger partial charge < -0.3 is 15.4 Å². The first-order chi connectivity index (χ1) is 9.43. The fraction of sp³-hybridized carbons (Fsp3) is 0.600. The van der Waals surface area contributed by atoms with Crippen LogP contribution in [0, 0.1) is 0 Å². The molecule has 1 saturated heterocycles. The van der Waals surface area contributed by atoms with Gasteiger partial charge in [0.05, 0.1) is 11.2 Å². The van der Waals surface area contributed by atoms with E-state index in [2.05, 4.69) is 18.8 Å². The maximum atomic E-state index is 12.6. The molecule has 2 N–H and O–H groups in total. The predicted octanol–water partition coefficient (Wildman–Crippen LogP) is 2.08. The van der Waals surface area contributed by atoms with Crippen LogP contribution in [0.5, 0.6) is 0 Å². The van der Waals surface area contributed by atoms with Crippen LogP contribution in [-0.2, 0) is 4.74 Å². The Hall–Kier alpha value is -1.62. The van der Waals surface area contributed by atoms with Crippen LogP contribution in [-0.4, -0.2) is 40.6 Å². The van der Waals surface area contributed by atoms with E-state index in [1.165, 1.54) is 0 Å². The van der Waals surface area contributed by atoms with Crippen molar-refractivity contribution in [1.29, 1.82) is 0 Å². The number of carbonyl (C=O) groups is 1. The van der Waals surface area contributed by atoms with Crippen LogP contribution in [0.2, 0.25) is 0 Å². The Labute approximate surface area is 120 Å². The number of nitrogen functional groups attached to an aromatic ring is 1. The van der Waals surface area contributed by atoms with Crippen molar-refractivity contribution >= 4 is 11.7 Å². The molecule has 2 rings (SSSR count). The highest BCUT2D eigenvalue weighted by Crippen LogP contribution is 2.28. The lowest BCUT2D eigenvalue weighted by Gasteiger charge is -2.41. The molecule has 1 aliphatic rings. The van der Waals surface area contributed by atoms with E-state index in [0.717, 1.165) is 12.8 Å². The van der Waals surface area contributed by atoms with E-state index in [-0.39, 0.29) is 17.6 Å². The van der Waals surface area contributed by atoms with Crippen LogP contribution in [0.1, 0.15) is 44.0 Å². The molecule has 20 heavy (non-hydrogen) atoms. The van der Waals surface area contributed by atoms with Crippen molar-refractivity contribution in [3.05, 3.63) is 23.9 Å². The lowest BCUT2D eigenvalue weighted by atomic mass is 9.92. The van der Waals surface area contributed by atoms with Crippen LogP contribution in [0.3, 0.4) is 0 Å². The van der Waals surface area contributed by atoms with Gasteiger partial charge in [0.1, 0.15) is 5.82 Å². The van der Waals surface area contributed by atoms with Crippen molar-refractivity contribution in [2.24, 2.45) is 0 Å². The first-order valence-electron chi connectivity index (χ1n) is 7.09. The van der Waals surface area contributed by atoms with Gasteiger partial charge in [0.25, 0.3) is 5.91 Å². The molecule has 0 saturated carbocycles. The highest BCUT2D eigenvalue weighted by Gasteiger charge is 2.34. The molecule has 0 aromatic carbocycles. The fourth-order valence-corrected chi connectivity index (χ4v) is 2.73. The molecule has 5 nitrogen and oxygen atoms in total. The smallest absolute Gasteiger partial charge is 0.255 e. The summed E-state index contributed by atoms with van der Waals surface area (Å²) in [4.78, 5) is 18.5. The van der Waals surface area contributed by atoms with Gasteiger partial charge in [0.15, 0.2) is 0 Å². The number of nitrogens with two attached hydrogens (primary N) is 1. The molecule has 0 unspecified atom stereocenters. The van der Waals surface area contributed by atoms with Gasteiger partial charge in [-0.1, -0.05) is 0 Å². The summed E-state index contributed by atoms with van der Waals surface area (Å²) in [5.41, 5.74) is 5.98. The molecule has 1 amide bonds. The first-order valence-corrected chi connectivity index (χ1v) is 7.09. The highest BCUT2D eigenvalue weighted by atomic mass is 16.5. The molecule has 0 radical (unpaired) electrons. The molecule has 0 bridgehead atoms. The van der Waals surface area contributed by atoms with E-state index in [9.17, 15) is 4.79 Å². The maximum absolute atomic E-state index is 12.6. The number of pyridine rings is 1. The van der Waals surface area contributed by atoms with E-state index in [1.54, 1.807) is 18.3 Å². The van der Waals surface area contributed by atoms with Gasteiger partial charge in [0.2, 0.25) is 0 Å². The van der Waals surface area contributed by atoms with Crippen LogP contribution >= 0.6 is 0 Å². The molecular weight excluding hydrogens is 254 g/mol. The normalized spacial score (nSPS) is 21.4. The topological polar surface area (TPSA) is 68.5 Å². The number of nitrogens with zero attached hydrogens (tertiary/aromatic N) is 2. The summed E-state index contributed by atoms with van der Waals surface area (Å²) in [5.74, 6) is 0.444. The third kappa shape index (κ3) is 3.28. The molecule has 110 valence electrons. The number of carbonyl (C=O) groups excluding carboxylic acids is 1. The Kier molecular flexibility index (Phi) is 4.28. The summed E-state index contributed by atoms with van der Waals surface area (Å²) in [7, 11) is 0. The van der Waals surface area contributed by atoms with Gasteiger partial charge in [-0.15, -0.1) is 0 Å². The van der Waals surface area contributed by atoms with Gasteiger partial charge >= 0.3 is 0 Å². The number of hydrogen-bond acceptors (Lipinski definition) is 4. The van der Waals surface area contributed by atoms with Crippen molar-refractivity contribution in [1.82, 2.24) is 9.88 Å². The Morgan fingerprint density at radius 3 is 2.85 bits per heavy atom. The van der Waals surface area contributed by atoms with E-state index < -0.39 is 0 Å². The van der Waals surface area contributed by atoms with Crippen LogP contribution in [0.4, 0.5) is 5.82 Å². The average Bonchev–Trinajstić information content (AvgIpc) is 2.39. The van der Waals surface area contributed by atoms with Crippen molar-refractivity contribution < 1.29 is 9.53 Å². The molecular formula is C15H23N3O2. The zero-order valence-electron chi connectivity index (χ0n) is 12.4. The second kappa shape index (κ2) is 5.79. The van der Waals surface area contributed by atoms with Gasteiger partial charge in [-0.25, -0.2) is 4.98 Å². The van der Waals surface area contributed by atoms with E-state index in [4.69, 9.17) is 10.5 Å². The van der Waals surface area contributed by atoms with Crippen LogP contribution in [0.15, 0.2) is 18.3 Å². The number of aromatic nitrogens is 1. The summed E-state index contributed by atoms with van der Waals surface area (Å²) in [5, 5.41) is 0. The molecule has 5 heteroatoms. The zero-order valence-corrected chi connectivity index (χ0v) is 12.4.